The minimum atomic E-state index is -3.22. The van der Waals surface area contributed by atoms with Crippen LogP contribution in [0.25, 0.3) is 0 Å². The summed E-state index contributed by atoms with van der Waals surface area (Å²) >= 11 is 0. The Labute approximate surface area is 125 Å². The van der Waals surface area contributed by atoms with Gasteiger partial charge in [-0.2, -0.15) is 0 Å². The van der Waals surface area contributed by atoms with Gasteiger partial charge in [0, 0.05) is 19.0 Å². The highest BCUT2D eigenvalue weighted by Crippen LogP contribution is 2.19. The van der Waals surface area contributed by atoms with E-state index in [0.717, 1.165) is 6.26 Å². The van der Waals surface area contributed by atoms with Crippen molar-refractivity contribution in [3.05, 3.63) is 0 Å². The first-order valence-electron chi connectivity index (χ1n) is 7.09. The van der Waals surface area contributed by atoms with Gasteiger partial charge >= 0.3 is 5.97 Å². The third kappa shape index (κ3) is 5.62. The number of carbonyl (C=O) groups excluding carboxylic acids is 1. The Kier molecular flexibility index (Phi) is 6.15. The van der Waals surface area contributed by atoms with Gasteiger partial charge in [-0.25, -0.2) is 17.5 Å². The van der Waals surface area contributed by atoms with E-state index < -0.39 is 22.0 Å². The Morgan fingerprint density at radius 2 is 1.81 bits per heavy atom. The van der Waals surface area contributed by atoms with Crippen LogP contribution < -0.4 is 5.32 Å². The maximum absolute atomic E-state index is 12.1. The Balaban J connectivity index is 2.55. The molecule has 0 aliphatic carbocycles. The van der Waals surface area contributed by atoms with Gasteiger partial charge in [0.25, 0.3) is 0 Å². The molecule has 0 radical (unpaired) electrons. The van der Waals surface area contributed by atoms with E-state index in [0.29, 0.717) is 32.4 Å². The first-order valence-corrected chi connectivity index (χ1v) is 8.94. The fourth-order valence-electron chi connectivity index (χ4n) is 2.43. The van der Waals surface area contributed by atoms with Crippen molar-refractivity contribution < 1.29 is 23.1 Å². The lowest BCUT2D eigenvalue weighted by molar-refractivity contribution is -0.143. The smallest absolute Gasteiger partial charge is 0.326 e. The molecule has 0 bridgehead atoms. The highest BCUT2D eigenvalue weighted by Gasteiger charge is 2.31. The van der Waals surface area contributed by atoms with Gasteiger partial charge in [-0.1, -0.05) is 13.8 Å². The monoisotopic (exact) mass is 320 g/mol. The standard InChI is InChI=1S/C13H24N2O5S/c1-9(2)8-11(13(17)18)14-12(16)10-4-6-15(7-5-10)21(3,19)20/h9-11H,4-8H2,1-3H3,(H,14,16)(H,17,18)/t11-/m1/s1. The molecule has 0 spiro atoms. The molecule has 2 N–H and O–H groups in total. The fourth-order valence-corrected chi connectivity index (χ4v) is 3.31. The molecule has 1 aliphatic heterocycles. The van der Waals surface area contributed by atoms with Crippen molar-refractivity contribution in [2.75, 3.05) is 19.3 Å². The summed E-state index contributed by atoms with van der Waals surface area (Å²) in [6.45, 7) is 4.40. The number of amides is 1. The summed E-state index contributed by atoms with van der Waals surface area (Å²) in [7, 11) is -3.22. The van der Waals surface area contributed by atoms with Crippen LogP contribution in [0.5, 0.6) is 0 Å². The molecule has 0 aromatic heterocycles. The second-order valence-electron chi connectivity index (χ2n) is 5.97. The molecule has 1 heterocycles. The number of carbonyl (C=O) groups is 2. The Bertz CT molecular complexity index is 481. The maximum Gasteiger partial charge on any atom is 0.326 e. The predicted octanol–water partition coefficient (Wildman–Crippen LogP) is 0.274. The molecule has 1 fully saturated rings. The normalized spacial score (nSPS) is 19.4. The summed E-state index contributed by atoms with van der Waals surface area (Å²) in [4.78, 5) is 23.2. The number of nitrogens with zero attached hydrogens (tertiary/aromatic N) is 1. The van der Waals surface area contributed by atoms with E-state index in [1.54, 1.807) is 0 Å². The zero-order chi connectivity index (χ0) is 16.2. The largest absolute Gasteiger partial charge is 0.480 e. The number of hydrogen-bond acceptors (Lipinski definition) is 4. The van der Waals surface area contributed by atoms with Crippen LogP contribution in [0.4, 0.5) is 0 Å². The predicted molar refractivity (Wildman–Crippen MR) is 78.2 cm³/mol. The maximum atomic E-state index is 12.1. The molecule has 1 atom stereocenters. The highest BCUT2D eigenvalue weighted by atomic mass is 32.2. The zero-order valence-corrected chi connectivity index (χ0v) is 13.5. The summed E-state index contributed by atoms with van der Waals surface area (Å²) in [5, 5.41) is 11.7. The minimum Gasteiger partial charge on any atom is -0.480 e. The molecule has 1 rings (SSSR count). The van der Waals surface area contributed by atoms with Crippen LogP contribution in [-0.2, 0) is 19.6 Å². The summed E-state index contributed by atoms with van der Waals surface area (Å²) in [5.41, 5.74) is 0. The van der Waals surface area contributed by atoms with Crippen molar-refractivity contribution in [3.63, 3.8) is 0 Å². The van der Waals surface area contributed by atoms with Gasteiger partial charge in [-0.05, 0) is 25.2 Å². The molecule has 0 saturated carbocycles. The molecule has 0 unspecified atom stereocenters. The molecule has 0 aromatic rings. The molecule has 8 heteroatoms. The van der Waals surface area contributed by atoms with E-state index in [-0.39, 0.29) is 17.7 Å². The van der Waals surface area contributed by atoms with Crippen LogP contribution >= 0.6 is 0 Å². The number of sulfonamides is 1. The molecule has 21 heavy (non-hydrogen) atoms. The first-order chi connectivity index (χ1) is 9.61. The summed E-state index contributed by atoms with van der Waals surface area (Å²) in [6, 6.07) is -0.884. The summed E-state index contributed by atoms with van der Waals surface area (Å²) in [6.07, 6.45) is 2.37. The number of piperidine rings is 1. The molecular weight excluding hydrogens is 296 g/mol. The molecule has 1 aliphatic rings. The fraction of sp³-hybridized carbons (Fsp3) is 0.846. The van der Waals surface area contributed by atoms with Gasteiger partial charge in [0.15, 0.2) is 0 Å². The minimum absolute atomic E-state index is 0.165. The van der Waals surface area contributed by atoms with E-state index in [4.69, 9.17) is 5.11 Å². The van der Waals surface area contributed by atoms with Crippen LogP contribution in [0, 0.1) is 11.8 Å². The van der Waals surface area contributed by atoms with Gasteiger partial charge in [0.1, 0.15) is 6.04 Å². The Morgan fingerprint density at radius 1 is 1.29 bits per heavy atom. The molecule has 122 valence electrons. The van der Waals surface area contributed by atoms with Gasteiger partial charge in [0.05, 0.1) is 6.26 Å². The molecule has 1 saturated heterocycles. The lowest BCUT2D eigenvalue weighted by Crippen LogP contribution is -2.47. The number of carboxylic acids is 1. The number of nitrogens with one attached hydrogen (secondary N) is 1. The zero-order valence-electron chi connectivity index (χ0n) is 12.7. The van der Waals surface area contributed by atoms with Crippen molar-refractivity contribution in [1.82, 2.24) is 9.62 Å². The van der Waals surface area contributed by atoms with Crippen LogP contribution in [0.3, 0.4) is 0 Å². The van der Waals surface area contributed by atoms with Gasteiger partial charge in [-0.3, -0.25) is 4.79 Å². The van der Waals surface area contributed by atoms with Crippen molar-refractivity contribution in [2.24, 2.45) is 11.8 Å². The molecule has 7 nitrogen and oxygen atoms in total. The van der Waals surface area contributed by atoms with Crippen LogP contribution in [0.2, 0.25) is 0 Å². The molecule has 1 amide bonds. The quantitative estimate of drug-likeness (QED) is 0.731. The van der Waals surface area contributed by atoms with Crippen molar-refractivity contribution in [1.29, 1.82) is 0 Å². The molecular formula is C13H24N2O5S. The van der Waals surface area contributed by atoms with Gasteiger partial charge < -0.3 is 10.4 Å². The highest BCUT2D eigenvalue weighted by molar-refractivity contribution is 7.88. The molecule has 0 aromatic carbocycles. The van der Waals surface area contributed by atoms with Crippen molar-refractivity contribution >= 4 is 21.9 Å². The summed E-state index contributed by atoms with van der Waals surface area (Å²) in [5.74, 6) is -1.49. The van der Waals surface area contributed by atoms with E-state index in [1.165, 1.54) is 4.31 Å². The van der Waals surface area contributed by atoms with E-state index >= 15 is 0 Å². The summed E-state index contributed by atoms with van der Waals surface area (Å²) < 4.78 is 24.1. The van der Waals surface area contributed by atoms with E-state index in [1.807, 2.05) is 13.8 Å². The average molecular weight is 320 g/mol. The second-order valence-corrected chi connectivity index (χ2v) is 7.95. The van der Waals surface area contributed by atoms with Crippen molar-refractivity contribution in [2.45, 2.75) is 39.2 Å². The Hall–Kier alpha value is -1.15. The third-order valence-electron chi connectivity index (χ3n) is 3.62. The van der Waals surface area contributed by atoms with Gasteiger partial charge in [0.2, 0.25) is 15.9 Å². The average Bonchev–Trinajstić information content (AvgIpc) is 2.36. The lowest BCUT2D eigenvalue weighted by atomic mass is 9.96. The van der Waals surface area contributed by atoms with Crippen LogP contribution in [0.1, 0.15) is 33.1 Å². The van der Waals surface area contributed by atoms with Crippen LogP contribution in [0.15, 0.2) is 0 Å². The number of hydrogen-bond donors (Lipinski definition) is 2. The SMILES string of the molecule is CC(C)C[C@@H](NC(=O)C1CCN(S(C)(=O)=O)CC1)C(=O)O. The number of carboxylic acid groups (broad SMARTS) is 1. The first kappa shape index (κ1) is 17.9. The topological polar surface area (TPSA) is 104 Å². The Morgan fingerprint density at radius 3 is 2.19 bits per heavy atom. The third-order valence-corrected chi connectivity index (χ3v) is 4.92. The lowest BCUT2D eigenvalue weighted by Gasteiger charge is -2.30. The second kappa shape index (κ2) is 7.22. The van der Waals surface area contributed by atoms with Gasteiger partial charge in [-0.15, -0.1) is 0 Å². The number of aliphatic carboxylic acids is 1. The van der Waals surface area contributed by atoms with Crippen molar-refractivity contribution in [3.8, 4) is 0 Å². The van der Waals surface area contributed by atoms with Crippen LogP contribution in [-0.4, -0.2) is 55.1 Å². The number of rotatable bonds is 6. The van der Waals surface area contributed by atoms with E-state index in [9.17, 15) is 18.0 Å². The van der Waals surface area contributed by atoms with E-state index in [2.05, 4.69) is 5.32 Å².